The molecule has 0 spiro atoms. The van der Waals surface area contributed by atoms with Gasteiger partial charge in [0.05, 0.1) is 24.2 Å². The highest BCUT2D eigenvalue weighted by molar-refractivity contribution is 9.10. The molecule has 0 aliphatic rings. The maximum absolute atomic E-state index is 13.5. The summed E-state index contributed by atoms with van der Waals surface area (Å²) in [6, 6.07) is 17.4. The molecule has 37 heavy (non-hydrogen) atoms. The summed E-state index contributed by atoms with van der Waals surface area (Å²) in [5, 5.41) is 5.96. The zero-order chi connectivity index (χ0) is 26.1. The summed E-state index contributed by atoms with van der Waals surface area (Å²) in [5.74, 6) is 0.324. The van der Waals surface area contributed by atoms with E-state index < -0.39 is 18.1 Å². The van der Waals surface area contributed by atoms with Crippen LogP contribution in [0.3, 0.4) is 0 Å². The first kappa shape index (κ1) is 24.5. The van der Waals surface area contributed by atoms with E-state index in [9.17, 15) is 9.59 Å². The van der Waals surface area contributed by atoms with Crippen LogP contribution in [0.15, 0.2) is 79.4 Å². The number of nitrogens with zero attached hydrogens (tertiary/aromatic N) is 3. The molecule has 186 valence electrons. The molecule has 0 saturated heterocycles. The van der Waals surface area contributed by atoms with E-state index >= 15 is 0 Å². The van der Waals surface area contributed by atoms with Gasteiger partial charge in [-0.2, -0.15) is 9.78 Å². The quantitative estimate of drug-likeness (QED) is 0.271. The van der Waals surface area contributed by atoms with Crippen LogP contribution >= 0.6 is 27.5 Å². The van der Waals surface area contributed by atoms with Gasteiger partial charge >= 0.3 is 0 Å². The van der Waals surface area contributed by atoms with Gasteiger partial charge in [-0.05, 0) is 42.5 Å². The van der Waals surface area contributed by atoms with E-state index in [2.05, 4.69) is 26.0 Å². The fraction of sp³-hybridized carbons (Fsp3) is 0.0769. The number of ether oxygens (including phenoxy) is 2. The first-order valence-corrected chi connectivity index (χ1v) is 12.1. The van der Waals surface area contributed by atoms with Crippen LogP contribution in [-0.4, -0.2) is 35.5 Å². The maximum atomic E-state index is 13.5. The Balaban J connectivity index is 1.70. The normalized spacial score (nSPS) is 11.4. The first-order chi connectivity index (χ1) is 17.8. The summed E-state index contributed by atoms with van der Waals surface area (Å²) in [6.07, 6.45) is 1.37. The van der Waals surface area contributed by atoms with Crippen LogP contribution in [0.1, 0.15) is 5.56 Å². The van der Waals surface area contributed by atoms with E-state index in [1.807, 2.05) is 18.2 Å². The minimum Gasteiger partial charge on any atom is -0.493 e. The number of halogens is 2. The SMILES string of the molecule is COc1cc(Cl)cc(C=Nn2c(-c3cc4cc(Br)ccc4o3)nc3ccccc3c2=O)c1OCC(N)=O. The van der Waals surface area contributed by atoms with Gasteiger partial charge in [0.1, 0.15) is 5.58 Å². The second-order valence-corrected chi connectivity index (χ2v) is 9.24. The molecule has 1 amide bonds. The summed E-state index contributed by atoms with van der Waals surface area (Å²) < 4.78 is 18.9. The number of methoxy groups -OCH3 is 1. The molecule has 2 N–H and O–H groups in total. The van der Waals surface area contributed by atoms with Gasteiger partial charge in [0.15, 0.2) is 23.9 Å². The Kier molecular flexibility index (Phi) is 6.68. The number of primary amides is 1. The van der Waals surface area contributed by atoms with Gasteiger partial charge in [0.25, 0.3) is 11.5 Å². The van der Waals surface area contributed by atoms with Crippen molar-refractivity contribution in [2.75, 3.05) is 13.7 Å². The molecule has 0 bridgehead atoms. The molecular weight excluding hydrogens is 564 g/mol. The molecule has 3 aromatic carbocycles. The van der Waals surface area contributed by atoms with Crippen molar-refractivity contribution in [3.63, 3.8) is 0 Å². The number of aromatic nitrogens is 2. The molecule has 0 radical (unpaired) electrons. The van der Waals surface area contributed by atoms with Crippen molar-refractivity contribution in [2.24, 2.45) is 10.8 Å². The molecule has 0 aliphatic heterocycles. The van der Waals surface area contributed by atoms with E-state index in [1.54, 1.807) is 36.4 Å². The molecule has 5 aromatic rings. The van der Waals surface area contributed by atoms with Gasteiger partial charge in [0, 0.05) is 26.5 Å². The van der Waals surface area contributed by atoms with Crippen LogP contribution in [-0.2, 0) is 4.79 Å². The second-order valence-electron chi connectivity index (χ2n) is 7.89. The number of rotatable bonds is 7. The topological polar surface area (TPSA) is 122 Å². The van der Waals surface area contributed by atoms with Gasteiger partial charge in [-0.3, -0.25) is 9.59 Å². The summed E-state index contributed by atoms with van der Waals surface area (Å²) in [5.41, 5.74) is 6.30. The van der Waals surface area contributed by atoms with Gasteiger partial charge < -0.3 is 19.6 Å². The zero-order valence-corrected chi connectivity index (χ0v) is 21.6. The minimum absolute atomic E-state index is 0.186. The molecule has 2 aromatic heterocycles. The number of hydrogen-bond acceptors (Lipinski definition) is 7. The molecule has 0 unspecified atom stereocenters. The molecule has 11 heteroatoms. The zero-order valence-electron chi connectivity index (χ0n) is 19.3. The van der Waals surface area contributed by atoms with E-state index in [4.69, 9.17) is 31.2 Å². The van der Waals surface area contributed by atoms with Crippen LogP contribution in [0.2, 0.25) is 5.02 Å². The Morgan fingerprint density at radius 3 is 2.81 bits per heavy atom. The van der Waals surface area contributed by atoms with Crippen LogP contribution in [0.5, 0.6) is 11.5 Å². The average Bonchev–Trinajstić information content (AvgIpc) is 3.30. The third-order valence-electron chi connectivity index (χ3n) is 5.39. The number of amides is 1. The largest absolute Gasteiger partial charge is 0.493 e. The molecule has 5 rings (SSSR count). The highest BCUT2D eigenvalue weighted by Gasteiger charge is 2.18. The number of furan rings is 1. The lowest BCUT2D eigenvalue weighted by molar-refractivity contribution is -0.119. The third-order valence-corrected chi connectivity index (χ3v) is 6.10. The van der Waals surface area contributed by atoms with E-state index in [-0.39, 0.29) is 17.3 Å². The van der Waals surface area contributed by atoms with Crippen LogP contribution < -0.4 is 20.8 Å². The van der Waals surface area contributed by atoms with Crippen molar-refractivity contribution in [2.45, 2.75) is 0 Å². The van der Waals surface area contributed by atoms with Crippen LogP contribution in [0, 0.1) is 0 Å². The van der Waals surface area contributed by atoms with Crippen molar-refractivity contribution in [1.29, 1.82) is 0 Å². The summed E-state index contributed by atoms with van der Waals surface area (Å²) in [7, 11) is 1.43. The Morgan fingerprint density at radius 2 is 2.03 bits per heavy atom. The predicted molar refractivity (Wildman–Crippen MR) is 145 cm³/mol. The summed E-state index contributed by atoms with van der Waals surface area (Å²) in [4.78, 5) is 29.5. The van der Waals surface area contributed by atoms with Crippen molar-refractivity contribution in [1.82, 2.24) is 9.66 Å². The number of hydrogen-bond donors (Lipinski definition) is 1. The highest BCUT2D eigenvalue weighted by atomic mass is 79.9. The Hall–Kier alpha value is -4.15. The number of benzene rings is 3. The number of nitrogens with two attached hydrogens (primary N) is 1. The van der Waals surface area contributed by atoms with E-state index in [0.717, 1.165) is 14.5 Å². The van der Waals surface area contributed by atoms with Gasteiger partial charge in [-0.15, -0.1) is 0 Å². The van der Waals surface area contributed by atoms with Crippen LogP contribution in [0.4, 0.5) is 0 Å². The number of para-hydroxylation sites is 1. The lowest BCUT2D eigenvalue weighted by Crippen LogP contribution is -2.21. The second kappa shape index (κ2) is 10.1. The summed E-state index contributed by atoms with van der Waals surface area (Å²) in [6.45, 7) is -0.393. The third kappa shape index (κ3) is 4.93. The fourth-order valence-electron chi connectivity index (χ4n) is 3.77. The number of carbonyl (C=O) groups excluding carboxylic acids is 1. The van der Waals surface area contributed by atoms with Gasteiger partial charge in [-0.25, -0.2) is 4.98 Å². The lowest BCUT2D eigenvalue weighted by atomic mass is 10.2. The van der Waals surface area contributed by atoms with Crippen molar-refractivity contribution < 1.29 is 18.7 Å². The molecule has 0 atom stereocenters. The molecule has 2 heterocycles. The Labute approximate surface area is 223 Å². The Morgan fingerprint density at radius 1 is 1.22 bits per heavy atom. The van der Waals surface area contributed by atoms with Crippen molar-refractivity contribution in [3.05, 3.63) is 86.1 Å². The molecule has 0 saturated carbocycles. The van der Waals surface area contributed by atoms with Crippen molar-refractivity contribution >= 4 is 61.5 Å². The van der Waals surface area contributed by atoms with Gasteiger partial charge in [0.2, 0.25) is 5.82 Å². The first-order valence-electron chi connectivity index (χ1n) is 10.9. The van der Waals surface area contributed by atoms with Gasteiger partial charge in [-0.1, -0.05) is 39.7 Å². The van der Waals surface area contributed by atoms with E-state index in [1.165, 1.54) is 19.4 Å². The molecular formula is C26H18BrClN4O5. The molecule has 9 nitrogen and oxygen atoms in total. The summed E-state index contributed by atoms with van der Waals surface area (Å²) >= 11 is 9.71. The standard InChI is InChI=1S/C26H18BrClN4O5/c1-35-21-11-17(28)9-15(24(21)36-13-23(29)33)12-30-32-25(31-19-5-3-2-4-18(19)26(32)34)22-10-14-8-16(27)6-7-20(14)37-22/h2-12H,13H2,1H3,(H2,29,33). The number of carbonyl (C=O) groups is 1. The number of fused-ring (bicyclic) bond motifs is 2. The predicted octanol–water partition coefficient (Wildman–Crippen LogP) is 4.98. The average molecular weight is 582 g/mol. The minimum atomic E-state index is -0.673. The Bertz CT molecular complexity index is 1760. The van der Waals surface area contributed by atoms with Crippen molar-refractivity contribution in [3.8, 4) is 23.1 Å². The van der Waals surface area contributed by atoms with E-state index in [0.29, 0.717) is 32.8 Å². The molecule has 0 aliphatic carbocycles. The fourth-order valence-corrected chi connectivity index (χ4v) is 4.36. The molecule has 0 fully saturated rings. The lowest BCUT2D eigenvalue weighted by Gasteiger charge is -2.13. The maximum Gasteiger partial charge on any atom is 0.282 e. The van der Waals surface area contributed by atoms with Crippen LogP contribution in [0.25, 0.3) is 33.5 Å². The smallest absolute Gasteiger partial charge is 0.282 e. The highest BCUT2D eigenvalue weighted by Crippen LogP contribution is 2.34. The monoisotopic (exact) mass is 580 g/mol.